The zero-order valence-corrected chi connectivity index (χ0v) is 8.80. The molecule has 0 aliphatic carbocycles. The van der Waals surface area contributed by atoms with Gasteiger partial charge in [0, 0.05) is 12.6 Å². The average molecular weight is 225 g/mol. The van der Waals surface area contributed by atoms with Crippen molar-refractivity contribution < 1.29 is 14.3 Å². The smallest absolute Gasteiger partial charge is 0.308 e. The van der Waals surface area contributed by atoms with E-state index in [0.29, 0.717) is 18.9 Å². The monoisotopic (exact) mass is 225 g/mol. The van der Waals surface area contributed by atoms with Crippen LogP contribution in [0.3, 0.4) is 0 Å². The van der Waals surface area contributed by atoms with E-state index in [0.717, 1.165) is 12.4 Å². The highest BCUT2D eigenvalue weighted by atomic mass is 19.1. The van der Waals surface area contributed by atoms with Gasteiger partial charge in [-0.05, 0) is 13.3 Å². The number of carbonyl (C=O) groups is 1. The van der Waals surface area contributed by atoms with E-state index in [-0.39, 0.29) is 6.04 Å². The lowest BCUT2D eigenvalue weighted by molar-refractivity contribution is -0.141. The van der Waals surface area contributed by atoms with Crippen LogP contribution in [-0.2, 0) is 4.79 Å². The molecule has 2 atom stereocenters. The Morgan fingerprint density at radius 3 is 2.69 bits per heavy atom. The van der Waals surface area contributed by atoms with Gasteiger partial charge < -0.3 is 10.0 Å². The Kier molecular flexibility index (Phi) is 2.72. The molecule has 0 aromatic carbocycles. The van der Waals surface area contributed by atoms with Gasteiger partial charge >= 0.3 is 5.97 Å². The maximum Gasteiger partial charge on any atom is 0.308 e. The minimum absolute atomic E-state index is 0.164. The Morgan fingerprint density at radius 2 is 2.19 bits per heavy atom. The number of aromatic nitrogens is 2. The molecule has 0 spiro atoms. The van der Waals surface area contributed by atoms with E-state index in [1.54, 1.807) is 4.90 Å². The van der Waals surface area contributed by atoms with Crippen molar-refractivity contribution in [2.75, 3.05) is 11.4 Å². The Labute approximate surface area is 91.9 Å². The number of carboxylic acid groups (broad SMARTS) is 1. The highest BCUT2D eigenvalue weighted by Gasteiger charge is 2.36. The van der Waals surface area contributed by atoms with Gasteiger partial charge in [0.15, 0.2) is 5.82 Å². The van der Waals surface area contributed by atoms with Gasteiger partial charge in [0.25, 0.3) is 0 Å². The summed E-state index contributed by atoms with van der Waals surface area (Å²) in [7, 11) is 0. The molecule has 1 aliphatic rings. The molecule has 0 bridgehead atoms. The molecule has 16 heavy (non-hydrogen) atoms. The van der Waals surface area contributed by atoms with E-state index in [9.17, 15) is 9.18 Å². The van der Waals surface area contributed by atoms with Crippen molar-refractivity contribution in [1.29, 1.82) is 0 Å². The molecule has 0 amide bonds. The van der Waals surface area contributed by atoms with Crippen molar-refractivity contribution in [2.45, 2.75) is 19.4 Å². The second-order valence-corrected chi connectivity index (χ2v) is 3.87. The molecule has 0 radical (unpaired) electrons. The Bertz CT molecular complexity index is 396. The standard InChI is InChI=1S/C10H12FN3O2/c1-6-8(9(15)16)2-3-14(6)10-12-4-7(11)5-13-10/h4-6,8H,2-3H2,1H3,(H,15,16). The summed E-state index contributed by atoms with van der Waals surface area (Å²) in [6.45, 7) is 2.41. The van der Waals surface area contributed by atoms with Crippen LogP contribution in [0.2, 0.25) is 0 Å². The first-order chi connectivity index (χ1) is 7.59. The van der Waals surface area contributed by atoms with Crippen molar-refractivity contribution in [3.63, 3.8) is 0 Å². The van der Waals surface area contributed by atoms with Crippen molar-refractivity contribution in [3.05, 3.63) is 18.2 Å². The van der Waals surface area contributed by atoms with Gasteiger partial charge in [0.05, 0.1) is 18.3 Å². The van der Waals surface area contributed by atoms with E-state index in [4.69, 9.17) is 5.11 Å². The summed E-state index contributed by atoms with van der Waals surface area (Å²) in [6, 6.07) is -0.164. The maximum absolute atomic E-state index is 12.6. The Balaban J connectivity index is 2.18. The van der Waals surface area contributed by atoms with Gasteiger partial charge in [0.2, 0.25) is 5.95 Å². The SMILES string of the molecule is CC1C(C(=O)O)CCN1c1ncc(F)cn1. The van der Waals surface area contributed by atoms with Gasteiger partial charge in [-0.2, -0.15) is 0 Å². The first-order valence-electron chi connectivity index (χ1n) is 5.06. The molecule has 2 rings (SSSR count). The molecule has 2 unspecified atom stereocenters. The lowest BCUT2D eigenvalue weighted by Gasteiger charge is -2.22. The molecule has 1 aliphatic heterocycles. The highest BCUT2D eigenvalue weighted by molar-refractivity contribution is 5.72. The summed E-state index contributed by atoms with van der Waals surface area (Å²) in [4.78, 5) is 20.4. The van der Waals surface area contributed by atoms with Gasteiger partial charge in [-0.15, -0.1) is 0 Å². The summed E-state index contributed by atoms with van der Waals surface area (Å²) in [5.41, 5.74) is 0. The normalized spacial score (nSPS) is 24.8. The minimum atomic E-state index is -0.808. The molecule has 1 fully saturated rings. The summed E-state index contributed by atoms with van der Waals surface area (Å²) in [5.74, 6) is -1.33. The second-order valence-electron chi connectivity index (χ2n) is 3.87. The zero-order chi connectivity index (χ0) is 11.7. The highest BCUT2D eigenvalue weighted by Crippen LogP contribution is 2.27. The molecule has 1 aromatic rings. The van der Waals surface area contributed by atoms with Crippen LogP contribution in [0.1, 0.15) is 13.3 Å². The number of halogens is 1. The Hall–Kier alpha value is -1.72. The summed E-state index contributed by atoms with van der Waals surface area (Å²) in [6.07, 6.45) is 2.74. The zero-order valence-electron chi connectivity index (χ0n) is 8.80. The predicted molar refractivity (Wildman–Crippen MR) is 54.5 cm³/mol. The van der Waals surface area contributed by atoms with Crippen molar-refractivity contribution in [2.24, 2.45) is 5.92 Å². The average Bonchev–Trinajstić information content (AvgIpc) is 2.61. The summed E-state index contributed by atoms with van der Waals surface area (Å²) < 4.78 is 12.6. The van der Waals surface area contributed by atoms with Crippen LogP contribution in [0.15, 0.2) is 12.4 Å². The summed E-state index contributed by atoms with van der Waals surface area (Å²) >= 11 is 0. The van der Waals surface area contributed by atoms with Gasteiger partial charge in [0.1, 0.15) is 0 Å². The molecule has 5 nitrogen and oxygen atoms in total. The van der Waals surface area contributed by atoms with Crippen LogP contribution in [0.25, 0.3) is 0 Å². The first kappa shape index (κ1) is 10.8. The van der Waals surface area contributed by atoms with Crippen molar-refractivity contribution in [1.82, 2.24) is 9.97 Å². The fraction of sp³-hybridized carbons (Fsp3) is 0.500. The molecule has 86 valence electrons. The third kappa shape index (κ3) is 1.82. The lowest BCUT2D eigenvalue weighted by Crippen LogP contribution is -2.34. The van der Waals surface area contributed by atoms with Gasteiger partial charge in [-0.25, -0.2) is 14.4 Å². The molecular formula is C10H12FN3O2. The quantitative estimate of drug-likeness (QED) is 0.810. The fourth-order valence-electron chi connectivity index (χ4n) is 2.01. The molecule has 1 saturated heterocycles. The fourth-order valence-corrected chi connectivity index (χ4v) is 2.01. The molecule has 1 aromatic heterocycles. The number of hydrogen-bond donors (Lipinski definition) is 1. The molecule has 6 heteroatoms. The first-order valence-corrected chi connectivity index (χ1v) is 5.06. The van der Waals surface area contributed by atoms with Crippen LogP contribution < -0.4 is 4.90 Å². The minimum Gasteiger partial charge on any atom is -0.481 e. The van der Waals surface area contributed by atoms with E-state index in [2.05, 4.69) is 9.97 Å². The lowest BCUT2D eigenvalue weighted by atomic mass is 10.0. The van der Waals surface area contributed by atoms with E-state index in [1.165, 1.54) is 0 Å². The van der Waals surface area contributed by atoms with Crippen LogP contribution in [-0.4, -0.2) is 33.6 Å². The number of hydrogen-bond acceptors (Lipinski definition) is 4. The molecule has 1 N–H and O–H groups in total. The number of aliphatic carboxylic acids is 1. The van der Waals surface area contributed by atoms with E-state index < -0.39 is 17.7 Å². The van der Waals surface area contributed by atoms with Gasteiger partial charge in [-0.1, -0.05) is 0 Å². The third-order valence-electron chi connectivity index (χ3n) is 2.94. The Morgan fingerprint density at radius 1 is 1.56 bits per heavy atom. The van der Waals surface area contributed by atoms with Crippen LogP contribution in [0.4, 0.5) is 10.3 Å². The predicted octanol–water partition coefficient (Wildman–Crippen LogP) is 0.915. The largest absolute Gasteiger partial charge is 0.481 e. The van der Waals surface area contributed by atoms with Crippen molar-refractivity contribution >= 4 is 11.9 Å². The van der Waals surface area contributed by atoms with Crippen LogP contribution in [0.5, 0.6) is 0 Å². The van der Waals surface area contributed by atoms with E-state index in [1.807, 2.05) is 6.92 Å². The third-order valence-corrected chi connectivity index (χ3v) is 2.94. The number of anilines is 1. The molecule has 0 saturated carbocycles. The van der Waals surface area contributed by atoms with Crippen molar-refractivity contribution in [3.8, 4) is 0 Å². The van der Waals surface area contributed by atoms with E-state index >= 15 is 0 Å². The number of rotatable bonds is 2. The summed E-state index contributed by atoms with van der Waals surface area (Å²) in [5, 5.41) is 8.96. The second kappa shape index (κ2) is 4.03. The van der Waals surface area contributed by atoms with Crippen LogP contribution >= 0.6 is 0 Å². The maximum atomic E-state index is 12.6. The topological polar surface area (TPSA) is 66.3 Å². The number of carboxylic acids is 1. The van der Waals surface area contributed by atoms with Gasteiger partial charge in [-0.3, -0.25) is 4.79 Å². The van der Waals surface area contributed by atoms with Crippen LogP contribution in [0, 0.1) is 11.7 Å². The molecular weight excluding hydrogens is 213 g/mol. The molecule has 2 heterocycles. The number of nitrogens with zero attached hydrogens (tertiary/aromatic N) is 3.